The van der Waals surface area contributed by atoms with Crippen LogP contribution in [0.25, 0.3) is 11.4 Å². The van der Waals surface area contributed by atoms with Crippen LogP contribution in [-0.4, -0.2) is 57.9 Å². The first-order chi connectivity index (χ1) is 17.6. The third-order valence-corrected chi connectivity index (χ3v) is 7.23. The highest BCUT2D eigenvalue weighted by Crippen LogP contribution is 2.25. The number of benzene rings is 2. The van der Waals surface area contributed by atoms with Crippen molar-refractivity contribution in [2.75, 3.05) is 31.5 Å². The van der Waals surface area contributed by atoms with Gasteiger partial charge in [-0.05, 0) is 69.8 Å². The summed E-state index contributed by atoms with van der Waals surface area (Å²) in [6, 6.07) is 15.3. The molecular formula is C28H33N5O3. The predicted molar refractivity (Wildman–Crippen MR) is 137 cm³/mol. The van der Waals surface area contributed by atoms with Crippen LogP contribution in [0.5, 0.6) is 0 Å². The lowest BCUT2D eigenvalue weighted by atomic mass is 9.95. The third kappa shape index (κ3) is 5.49. The molecule has 0 atom stereocenters. The molecule has 0 saturated carbocycles. The van der Waals surface area contributed by atoms with Crippen LogP contribution in [0.1, 0.15) is 53.9 Å². The molecule has 2 aliphatic heterocycles. The van der Waals surface area contributed by atoms with Crippen LogP contribution in [-0.2, 0) is 11.3 Å². The van der Waals surface area contributed by atoms with E-state index in [-0.39, 0.29) is 17.7 Å². The van der Waals surface area contributed by atoms with E-state index in [2.05, 4.69) is 20.4 Å². The molecule has 2 aliphatic rings. The largest absolute Gasteiger partial charge is 0.339 e. The molecule has 2 aromatic carbocycles. The molecule has 5 rings (SSSR count). The Morgan fingerprint density at radius 1 is 0.972 bits per heavy atom. The molecule has 0 bridgehead atoms. The van der Waals surface area contributed by atoms with Crippen LogP contribution >= 0.6 is 0 Å². The van der Waals surface area contributed by atoms with Crippen LogP contribution in [0.4, 0.5) is 5.69 Å². The predicted octanol–water partition coefficient (Wildman–Crippen LogP) is 4.52. The molecule has 3 heterocycles. The Labute approximate surface area is 211 Å². The fraction of sp³-hybridized carbons (Fsp3) is 0.429. The normalized spacial score (nSPS) is 17.2. The lowest BCUT2D eigenvalue weighted by Gasteiger charge is -2.30. The number of hydrogen-bond donors (Lipinski definition) is 1. The zero-order valence-corrected chi connectivity index (χ0v) is 20.8. The number of nitrogens with one attached hydrogen (secondary N) is 1. The first-order valence-corrected chi connectivity index (χ1v) is 12.9. The second-order valence-electron chi connectivity index (χ2n) is 9.76. The number of nitrogens with zero attached hydrogens (tertiary/aromatic N) is 4. The van der Waals surface area contributed by atoms with Gasteiger partial charge in [0, 0.05) is 24.6 Å². The number of carbonyl (C=O) groups is 2. The smallest absolute Gasteiger partial charge is 0.255 e. The second-order valence-corrected chi connectivity index (χ2v) is 9.76. The van der Waals surface area contributed by atoms with Crippen LogP contribution in [0, 0.1) is 12.8 Å². The van der Waals surface area contributed by atoms with Gasteiger partial charge in [0.15, 0.2) is 0 Å². The summed E-state index contributed by atoms with van der Waals surface area (Å²) in [5.41, 5.74) is 3.26. The van der Waals surface area contributed by atoms with Crippen molar-refractivity contribution in [1.82, 2.24) is 19.9 Å². The zero-order valence-electron chi connectivity index (χ0n) is 20.8. The molecule has 36 heavy (non-hydrogen) atoms. The molecule has 188 valence electrons. The highest BCUT2D eigenvalue weighted by Gasteiger charge is 2.28. The topological polar surface area (TPSA) is 91.6 Å². The highest BCUT2D eigenvalue weighted by molar-refractivity contribution is 6.04. The summed E-state index contributed by atoms with van der Waals surface area (Å²) < 4.78 is 5.50. The lowest BCUT2D eigenvalue weighted by molar-refractivity contribution is -0.121. The number of aromatic nitrogens is 2. The fourth-order valence-electron chi connectivity index (χ4n) is 5.08. The van der Waals surface area contributed by atoms with E-state index in [0.29, 0.717) is 29.5 Å². The van der Waals surface area contributed by atoms with Crippen molar-refractivity contribution in [1.29, 1.82) is 0 Å². The molecule has 8 heteroatoms. The number of hydrogen-bond acceptors (Lipinski definition) is 6. The number of rotatable bonds is 6. The van der Waals surface area contributed by atoms with Crippen LogP contribution in [0.3, 0.4) is 0 Å². The summed E-state index contributed by atoms with van der Waals surface area (Å²) in [5, 5.41) is 7.20. The molecule has 0 aliphatic carbocycles. The Hall–Kier alpha value is -3.52. The van der Waals surface area contributed by atoms with Gasteiger partial charge in [-0.25, -0.2) is 0 Å². The summed E-state index contributed by atoms with van der Waals surface area (Å²) in [6.45, 7) is 5.71. The second kappa shape index (κ2) is 11.0. The molecule has 2 saturated heterocycles. The Morgan fingerprint density at radius 3 is 2.47 bits per heavy atom. The maximum atomic E-state index is 13.1. The molecule has 3 aromatic rings. The fourth-order valence-corrected chi connectivity index (χ4v) is 5.08. The van der Waals surface area contributed by atoms with Gasteiger partial charge >= 0.3 is 0 Å². The number of piperidine rings is 2. The van der Waals surface area contributed by atoms with Gasteiger partial charge in [0.1, 0.15) is 0 Å². The number of para-hydroxylation sites is 1. The first-order valence-electron chi connectivity index (χ1n) is 12.9. The Bertz CT molecular complexity index is 1210. The maximum absolute atomic E-state index is 13.1. The number of anilines is 1. The Balaban J connectivity index is 1.15. The minimum absolute atomic E-state index is 0.00467. The van der Waals surface area contributed by atoms with Crippen molar-refractivity contribution in [2.24, 2.45) is 5.92 Å². The van der Waals surface area contributed by atoms with E-state index in [1.807, 2.05) is 60.4 Å². The van der Waals surface area contributed by atoms with E-state index in [9.17, 15) is 9.59 Å². The summed E-state index contributed by atoms with van der Waals surface area (Å²) in [7, 11) is 0. The average molecular weight is 488 g/mol. The summed E-state index contributed by atoms with van der Waals surface area (Å²) >= 11 is 0. The molecule has 2 amide bonds. The van der Waals surface area contributed by atoms with E-state index in [1.165, 1.54) is 6.42 Å². The SMILES string of the molecule is Cc1ccccc1-c1noc(CN2CCC(C(=O)Nc3ccccc3C(=O)N3CCCCC3)CC2)n1. The molecule has 0 radical (unpaired) electrons. The van der Waals surface area contributed by atoms with Crippen LogP contribution in [0.2, 0.25) is 0 Å². The number of amides is 2. The van der Waals surface area contributed by atoms with Gasteiger partial charge in [-0.1, -0.05) is 41.6 Å². The maximum Gasteiger partial charge on any atom is 0.255 e. The summed E-state index contributed by atoms with van der Waals surface area (Å²) in [4.78, 5) is 34.9. The molecule has 0 spiro atoms. The average Bonchev–Trinajstić information content (AvgIpc) is 3.38. The van der Waals surface area contributed by atoms with Gasteiger partial charge < -0.3 is 14.7 Å². The molecule has 0 unspecified atom stereocenters. The van der Waals surface area contributed by atoms with E-state index >= 15 is 0 Å². The van der Waals surface area contributed by atoms with Crippen molar-refractivity contribution in [2.45, 2.75) is 45.6 Å². The quantitative estimate of drug-likeness (QED) is 0.550. The van der Waals surface area contributed by atoms with Crippen LogP contribution in [0.15, 0.2) is 53.1 Å². The van der Waals surface area contributed by atoms with Crippen molar-refractivity contribution >= 4 is 17.5 Å². The van der Waals surface area contributed by atoms with E-state index in [4.69, 9.17) is 4.52 Å². The van der Waals surface area contributed by atoms with Gasteiger partial charge in [0.05, 0.1) is 17.8 Å². The Kier molecular flexibility index (Phi) is 7.41. The number of aryl methyl sites for hydroxylation is 1. The summed E-state index contributed by atoms with van der Waals surface area (Å²) in [5.74, 6) is 1.08. The molecule has 1 N–H and O–H groups in total. The highest BCUT2D eigenvalue weighted by atomic mass is 16.5. The van der Waals surface area contributed by atoms with Crippen molar-refractivity contribution < 1.29 is 14.1 Å². The van der Waals surface area contributed by atoms with Gasteiger partial charge in [0.2, 0.25) is 17.6 Å². The zero-order chi connectivity index (χ0) is 24.9. The van der Waals surface area contributed by atoms with E-state index < -0.39 is 0 Å². The number of carbonyl (C=O) groups excluding carboxylic acids is 2. The molecule has 2 fully saturated rings. The van der Waals surface area contributed by atoms with Crippen molar-refractivity contribution in [3.63, 3.8) is 0 Å². The van der Waals surface area contributed by atoms with Gasteiger partial charge in [0.25, 0.3) is 5.91 Å². The lowest BCUT2D eigenvalue weighted by Crippen LogP contribution is -2.38. The molecular weight excluding hydrogens is 454 g/mol. The van der Waals surface area contributed by atoms with Gasteiger partial charge in [-0.15, -0.1) is 0 Å². The van der Waals surface area contributed by atoms with E-state index in [1.54, 1.807) is 0 Å². The Morgan fingerprint density at radius 2 is 1.69 bits per heavy atom. The third-order valence-electron chi connectivity index (χ3n) is 7.23. The molecule has 8 nitrogen and oxygen atoms in total. The first kappa shape index (κ1) is 24.2. The minimum atomic E-state index is -0.0930. The van der Waals surface area contributed by atoms with E-state index in [0.717, 1.165) is 63.0 Å². The van der Waals surface area contributed by atoms with Gasteiger partial charge in [-0.2, -0.15) is 4.98 Å². The number of likely N-dealkylation sites (tertiary alicyclic amines) is 2. The summed E-state index contributed by atoms with van der Waals surface area (Å²) in [6.07, 6.45) is 4.73. The van der Waals surface area contributed by atoms with Crippen LogP contribution < -0.4 is 5.32 Å². The van der Waals surface area contributed by atoms with Crippen molar-refractivity contribution in [3.8, 4) is 11.4 Å². The van der Waals surface area contributed by atoms with Gasteiger partial charge in [-0.3, -0.25) is 14.5 Å². The monoisotopic (exact) mass is 487 g/mol. The minimum Gasteiger partial charge on any atom is -0.339 e. The standard InChI is InChI=1S/C28H33N5O3/c1-20-9-3-4-10-22(20)26-30-25(36-31-26)19-32-17-13-21(14-18-32)27(34)29-24-12-6-5-11-23(24)28(35)33-15-7-2-8-16-33/h3-6,9-12,21H,2,7-8,13-19H2,1H3,(H,29,34). The van der Waals surface area contributed by atoms with Crippen molar-refractivity contribution in [3.05, 3.63) is 65.5 Å². The molecule has 1 aromatic heterocycles.